The molecule has 0 fully saturated rings. The molecule has 0 unspecified atom stereocenters. The second kappa shape index (κ2) is 5.79. The number of aryl methyl sites for hydroxylation is 1. The lowest BCUT2D eigenvalue weighted by Gasteiger charge is -2.15. The number of nitrogens with zero attached hydrogens (tertiary/aromatic N) is 1. The Labute approximate surface area is 130 Å². The monoisotopic (exact) mass is 296 g/mol. The minimum absolute atomic E-state index is 0.223. The van der Waals surface area contributed by atoms with Crippen LogP contribution in [0.3, 0.4) is 0 Å². The maximum absolute atomic E-state index is 11.6. The summed E-state index contributed by atoms with van der Waals surface area (Å²) in [7, 11) is 0. The zero-order valence-corrected chi connectivity index (χ0v) is 12.9. The van der Waals surface area contributed by atoms with Crippen molar-refractivity contribution in [3.05, 3.63) is 68.8 Å². The van der Waals surface area contributed by atoms with Gasteiger partial charge in [-0.3, -0.25) is 10.1 Å². The van der Waals surface area contributed by atoms with E-state index in [2.05, 4.69) is 12.2 Å². The molecule has 0 saturated heterocycles. The molecule has 1 N–H and O–H groups in total. The van der Waals surface area contributed by atoms with Crippen molar-refractivity contribution >= 4 is 11.4 Å². The Kier molecular flexibility index (Phi) is 3.84. The molecule has 0 spiro atoms. The molecule has 1 aliphatic rings. The van der Waals surface area contributed by atoms with Crippen LogP contribution in [0.5, 0.6) is 0 Å². The molecule has 0 bridgehead atoms. The molecule has 22 heavy (non-hydrogen) atoms. The van der Waals surface area contributed by atoms with Gasteiger partial charge in [-0.05, 0) is 30.5 Å². The van der Waals surface area contributed by atoms with Crippen LogP contribution >= 0.6 is 0 Å². The Morgan fingerprint density at radius 2 is 2.05 bits per heavy atom. The largest absolute Gasteiger partial charge is 0.384 e. The Morgan fingerprint density at radius 1 is 1.32 bits per heavy atom. The number of anilines is 1. The molecule has 0 saturated carbocycles. The SMILES string of the molecule is CC[C@@H]1CNc2cc(C)c([N+](=O)[O-])c(Cc3ccccc3)c21. The summed E-state index contributed by atoms with van der Waals surface area (Å²) in [6, 6.07) is 11.9. The second-order valence-corrected chi connectivity index (χ2v) is 5.89. The van der Waals surface area contributed by atoms with E-state index in [9.17, 15) is 10.1 Å². The zero-order valence-electron chi connectivity index (χ0n) is 12.9. The van der Waals surface area contributed by atoms with Crippen LogP contribution in [-0.4, -0.2) is 11.5 Å². The van der Waals surface area contributed by atoms with E-state index in [4.69, 9.17) is 0 Å². The summed E-state index contributed by atoms with van der Waals surface area (Å²) in [6.07, 6.45) is 1.60. The van der Waals surface area contributed by atoms with Gasteiger partial charge in [-0.2, -0.15) is 0 Å². The van der Waals surface area contributed by atoms with Crippen molar-refractivity contribution in [2.24, 2.45) is 0 Å². The highest BCUT2D eigenvalue weighted by Gasteiger charge is 2.31. The highest BCUT2D eigenvalue weighted by atomic mass is 16.6. The van der Waals surface area contributed by atoms with E-state index in [0.29, 0.717) is 12.3 Å². The molecular formula is C18H20N2O2. The first kappa shape index (κ1) is 14.6. The lowest BCUT2D eigenvalue weighted by atomic mass is 9.88. The van der Waals surface area contributed by atoms with Crippen LogP contribution in [0, 0.1) is 17.0 Å². The minimum Gasteiger partial charge on any atom is -0.384 e. The first-order chi connectivity index (χ1) is 10.6. The van der Waals surface area contributed by atoms with Gasteiger partial charge >= 0.3 is 0 Å². The summed E-state index contributed by atoms with van der Waals surface area (Å²) in [5.74, 6) is 0.355. The van der Waals surface area contributed by atoms with Crippen LogP contribution in [0.4, 0.5) is 11.4 Å². The van der Waals surface area contributed by atoms with E-state index in [-0.39, 0.29) is 10.6 Å². The topological polar surface area (TPSA) is 55.2 Å². The molecular weight excluding hydrogens is 276 g/mol. The van der Waals surface area contributed by atoms with E-state index < -0.39 is 0 Å². The van der Waals surface area contributed by atoms with Crippen molar-refractivity contribution < 1.29 is 4.92 Å². The Balaban J connectivity index is 2.18. The molecule has 114 valence electrons. The van der Waals surface area contributed by atoms with E-state index in [0.717, 1.165) is 40.9 Å². The van der Waals surface area contributed by atoms with E-state index in [1.54, 1.807) is 0 Å². The molecule has 4 heteroatoms. The maximum atomic E-state index is 11.6. The number of nitro benzene ring substituents is 1. The third-order valence-electron chi connectivity index (χ3n) is 4.48. The molecule has 0 aliphatic carbocycles. The van der Waals surface area contributed by atoms with Crippen molar-refractivity contribution in [3.63, 3.8) is 0 Å². The molecule has 4 nitrogen and oxygen atoms in total. The van der Waals surface area contributed by atoms with Crippen LogP contribution in [0.15, 0.2) is 36.4 Å². The molecule has 2 aromatic carbocycles. The average Bonchev–Trinajstić information content (AvgIpc) is 2.90. The smallest absolute Gasteiger partial charge is 0.276 e. The predicted octanol–water partition coefficient (Wildman–Crippen LogP) is 4.41. The fourth-order valence-corrected chi connectivity index (χ4v) is 3.42. The van der Waals surface area contributed by atoms with Crippen molar-refractivity contribution in [1.82, 2.24) is 0 Å². The summed E-state index contributed by atoms with van der Waals surface area (Å²) in [4.78, 5) is 11.4. The van der Waals surface area contributed by atoms with Gasteiger partial charge in [-0.25, -0.2) is 0 Å². The van der Waals surface area contributed by atoms with Crippen molar-refractivity contribution in [2.75, 3.05) is 11.9 Å². The van der Waals surface area contributed by atoms with Crippen LogP contribution in [0.2, 0.25) is 0 Å². The lowest BCUT2D eigenvalue weighted by molar-refractivity contribution is -0.386. The number of fused-ring (bicyclic) bond motifs is 1. The number of benzene rings is 2. The normalized spacial score (nSPS) is 16.2. The highest BCUT2D eigenvalue weighted by Crippen LogP contribution is 2.42. The summed E-state index contributed by atoms with van der Waals surface area (Å²) in [6.45, 7) is 4.83. The molecule has 3 rings (SSSR count). The Hall–Kier alpha value is -2.36. The molecule has 0 amide bonds. The molecule has 2 aromatic rings. The summed E-state index contributed by atoms with van der Waals surface area (Å²) >= 11 is 0. The van der Waals surface area contributed by atoms with Crippen molar-refractivity contribution in [3.8, 4) is 0 Å². The number of hydrogen-bond donors (Lipinski definition) is 1. The number of nitrogens with one attached hydrogen (secondary N) is 1. The summed E-state index contributed by atoms with van der Waals surface area (Å²) in [5.41, 5.74) is 5.22. The summed E-state index contributed by atoms with van der Waals surface area (Å²) in [5, 5.41) is 15.0. The fourth-order valence-electron chi connectivity index (χ4n) is 3.42. The predicted molar refractivity (Wildman–Crippen MR) is 88.6 cm³/mol. The van der Waals surface area contributed by atoms with E-state index in [1.807, 2.05) is 43.3 Å². The van der Waals surface area contributed by atoms with Crippen LogP contribution in [0.25, 0.3) is 0 Å². The van der Waals surface area contributed by atoms with E-state index in [1.165, 1.54) is 0 Å². The van der Waals surface area contributed by atoms with Crippen LogP contribution in [-0.2, 0) is 6.42 Å². The molecule has 1 aliphatic heterocycles. The van der Waals surface area contributed by atoms with Crippen molar-refractivity contribution in [2.45, 2.75) is 32.6 Å². The maximum Gasteiger partial charge on any atom is 0.276 e. The third-order valence-corrected chi connectivity index (χ3v) is 4.48. The van der Waals surface area contributed by atoms with Gasteiger partial charge in [0.05, 0.1) is 4.92 Å². The number of hydrogen-bond acceptors (Lipinski definition) is 3. The first-order valence-corrected chi connectivity index (χ1v) is 7.70. The lowest BCUT2D eigenvalue weighted by Crippen LogP contribution is -2.06. The molecule has 1 heterocycles. The fraction of sp³-hybridized carbons (Fsp3) is 0.333. The average molecular weight is 296 g/mol. The molecule has 0 aromatic heterocycles. The van der Waals surface area contributed by atoms with Gasteiger partial charge in [-0.1, -0.05) is 37.3 Å². The number of nitro groups is 1. The van der Waals surface area contributed by atoms with Gasteiger partial charge in [0, 0.05) is 35.7 Å². The zero-order chi connectivity index (χ0) is 15.7. The Morgan fingerprint density at radius 3 is 2.68 bits per heavy atom. The second-order valence-electron chi connectivity index (χ2n) is 5.89. The quantitative estimate of drug-likeness (QED) is 0.671. The van der Waals surface area contributed by atoms with Gasteiger partial charge in [0.25, 0.3) is 5.69 Å². The number of rotatable bonds is 4. The standard InChI is InChI=1S/C18H20N2O2/c1-3-14-11-19-16-9-12(2)18(20(21)22)15(17(14)16)10-13-7-5-4-6-8-13/h4-9,14,19H,3,10-11H2,1-2H3/t14-/m1/s1. The molecule has 0 radical (unpaired) electrons. The van der Waals surface area contributed by atoms with Gasteiger partial charge in [0.1, 0.15) is 0 Å². The van der Waals surface area contributed by atoms with Gasteiger partial charge < -0.3 is 5.32 Å². The van der Waals surface area contributed by atoms with Crippen molar-refractivity contribution in [1.29, 1.82) is 0 Å². The van der Waals surface area contributed by atoms with Crippen LogP contribution in [0.1, 0.15) is 41.5 Å². The highest BCUT2D eigenvalue weighted by molar-refractivity contribution is 5.70. The molecule has 1 atom stereocenters. The third kappa shape index (κ3) is 2.45. The van der Waals surface area contributed by atoms with Gasteiger partial charge in [-0.15, -0.1) is 0 Å². The Bertz CT molecular complexity index is 711. The van der Waals surface area contributed by atoms with E-state index >= 15 is 0 Å². The van der Waals surface area contributed by atoms with Crippen LogP contribution < -0.4 is 5.32 Å². The minimum atomic E-state index is -0.223. The van der Waals surface area contributed by atoms with Gasteiger partial charge in [0.15, 0.2) is 0 Å². The van der Waals surface area contributed by atoms with Gasteiger partial charge in [0.2, 0.25) is 0 Å². The first-order valence-electron chi connectivity index (χ1n) is 7.70. The summed E-state index contributed by atoms with van der Waals surface area (Å²) < 4.78 is 0.